The van der Waals surface area contributed by atoms with Crippen LogP contribution in [0.2, 0.25) is 0 Å². The molecular formula is C23H22FN5. The maximum absolute atomic E-state index is 13.4. The molecule has 0 fully saturated rings. The molecule has 2 aromatic heterocycles. The Morgan fingerprint density at radius 1 is 1.14 bits per heavy atom. The van der Waals surface area contributed by atoms with Gasteiger partial charge in [-0.1, -0.05) is 12.1 Å². The lowest BCUT2D eigenvalue weighted by molar-refractivity contribution is 0.571. The third-order valence-corrected chi connectivity index (χ3v) is 5.43. The number of benzene rings is 2. The van der Waals surface area contributed by atoms with Crippen LogP contribution in [0.15, 0.2) is 60.9 Å². The van der Waals surface area contributed by atoms with Gasteiger partial charge in [0.25, 0.3) is 0 Å². The Hall–Kier alpha value is -3.25. The molecule has 6 heteroatoms. The number of rotatable bonds is 4. The van der Waals surface area contributed by atoms with Crippen molar-refractivity contribution in [3.05, 3.63) is 72.3 Å². The maximum Gasteiger partial charge on any atom is 0.123 e. The molecule has 1 aliphatic heterocycles. The van der Waals surface area contributed by atoms with Crippen LogP contribution < -0.4 is 5.32 Å². The maximum atomic E-state index is 13.4. The molecule has 0 aliphatic carbocycles. The normalized spacial score (nSPS) is 14.3. The number of fused-ring (bicyclic) bond motifs is 1. The van der Waals surface area contributed by atoms with E-state index in [4.69, 9.17) is 0 Å². The van der Waals surface area contributed by atoms with Gasteiger partial charge in [-0.2, -0.15) is 15.0 Å². The molecule has 1 N–H and O–H groups in total. The molecule has 5 nitrogen and oxygen atoms in total. The second-order valence-corrected chi connectivity index (χ2v) is 7.22. The molecule has 29 heavy (non-hydrogen) atoms. The lowest BCUT2D eigenvalue weighted by Crippen LogP contribution is -2.19. The van der Waals surface area contributed by atoms with Crippen molar-refractivity contribution < 1.29 is 4.39 Å². The standard InChI is InChI=1S/C23H22FN5/c1-2-29-26-14-22(27-29)17-3-8-23-20(13-17)21(16-9-11-25-12-10-16)15-28(23)19-6-4-18(24)5-7-19/h3-9,13-15,25H,2,10-12H2,1H3. The summed E-state index contributed by atoms with van der Waals surface area (Å²) in [6.45, 7) is 4.62. The fourth-order valence-electron chi connectivity index (χ4n) is 3.91. The highest BCUT2D eigenvalue weighted by molar-refractivity contribution is 5.96. The predicted octanol–water partition coefficient (Wildman–Crippen LogP) is 4.42. The summed E-state index contributed by atoms with van der Waals surface area (Å²) in [7, 11) is 0. The Labute approximate surface area is 168 Å². The highest BCUT2D eigenvalue weighted by Gasteiger charge is 2.16. The van der Waals surface area contributed by atoms with Crippen molar-refractivity contribution >= 4 is 16.5 Å². The van der Waals surface area contributed by atoms with Gasteiger partial charge in [-0.15, -0.1) is 0 Å². The number of nitrogens with one attached hydrogen (secondary N) is 1. The van der Waals surface area contributed by atoms with Crippen molar-refractivity contribution in [3.63, 3.8) is 0 Å². The van der Waals surface area contributed by atoms with Crippen LogP contribution in [0.25, 0.3) is 33.4 Å². The summed E-state index contributed by atoms with van der Waals surface area (Å²) >= 11 is 0. The van der Waals surface area contributed by atoms with Crippen LogP contribution >= 0.6 is 0 Å². The molecule has 0 saturated heterocycles. The van der Waals surface area contributed by atoms with Gasteiger partial charge in [-0.05, 0) is 61.9 Å². The van der Waals surface area contributed by atoms with E-state index in [1.807, 2.05) is 25.3 Å². The average molecular weight is 387 g/mol. The van der Waals surface area contributed by atoms with Gasteiger partial charge in [-0.3, -0.25) is 0 Å². The molecular weight excluding hydrogens is 365 g/mol. The van der Waals surface area contributed by atoms with Crippen molar-refractivity contribution in [1.29, 1.82) is 0 Å². The molecule has 1 aliphatic rings. The number of aromatic nitrogens is 4. The van der Waals surface area contributed by atoms with Crippen LogP contribution in [0.1, 0.15) is 18.9 Å². The summed E-state index contributed by atoms with van der Waals surface area (Å²) in [4.78, 5) is 1.69. The van der Waals surface area contributed by atoms with E-state index in [-0.39, 0.29) is 5.82 Å². The van der Waals surface area contributed by atoms with Crippen LogP contribution in [0, 0.1) is 5.82 Å². The molecule has 0 radical (unpaired) electrons. The first kappa shape index (κ1) is 17.8. The number of aryl methyl sites for hydroxylation is 1. The van der Waals surface area contributed by atoms with Gasteiger partial charge in [0.1, 0.15) is 11.5 Å². The molecule has 5 rings (SSSR count). The Morgan fingerprint density at radius 3 is 2.72 bits per heavy atom. The summed E-state index contributed by atoms with van der Waals surface area (Å²) < 4.78 is 15.6. The zero-order valence-electron chi connectivity index (χ0n) is 16.3. The minimum atomic E-state index is -0.229. The second-order valence-electron chi connectivity index (χ2n) is 7.22. The highest BCUT2D eigenvalue weighted by Crippen LogP contribution is 2.34. The first-order valence-electron chi connectivity index (χ1n) is 9.94. The van der Waals surface area contributed by atoms with E-state index >= 15 is 0 Å². The van der Waals surface area contributed by atoms with Crippen molar-refractivity contribution in [2.75, 3.05) is 13.1 Å². The molecule has 0 bridgehead atoms. The summed E-state index contributed by atoms with van der Waals surface area (Å²) in [5, 5.41) is 13.4. The fraction of sp³-hybridized carbons (Fsp3) is 0.217. The smallest absolute Gasteiger partial charge is 0.123 e. The lowest BCUT2D eigenvalue weighted by Gasteiger charge is -2.13. The van der Waals surface area contributed by atoms with Crippen LogP contribution in [0.4, 0.5) is 4.39 Å². The summed E-state index contributed by atoms with van der Waals surface area (Å²) in [6, 6.07) is 13.0. The van der Waals surface area contributed by atoms with Gasteiger partial charge < -0.3 is 9.88 Å². The van der Waals surface area contributed by atoms with Gasteiger partial charge >= 0.3 is 0 Å². The molecule has 4 aromatic rings. The fourth-order valence-corrected chi connectivity index (χ4v) is 3.91. The average Bonchev–Trinajstić information content (AvgIpc) is 3.39. The zero-order valence-corrected chi connectivity index (χ0v) is 16.3. The molecule has 146 valence electrons. The predicted molar refractivity (Wildman–Crippen MR) is 113 cm³/mol. The first-order valence-corrected chi connectivity index (χ1v) is 9.94. The zero-order chi connectivity index (χ0) is 19.8. The molecule has 0 unspecified atom stereocenters. The van der Waals surface area contributed by atoms with Crippen LogP contribution in [-0.4, -0.2) is 32.7 Å². The Morgan fingerprint density at radius 2 is 2.00 bits per heavy atom. The van der Waals surface area contributed by atoms with Gasteiger partial charge in [0.15, 0.2) is 0 Å². The number of halogens is 1. The summed E-state index contributed by atoms with van der Waals surface area (Å²) in [5.41, 5.74) is 6.51. The topological polar surface area (TPSA) is 47.7 Å². The van der Waals surface area contributed by atoms with Gasteiger partial charge in [0.2, 0.25) is 0 Å². The first-order chi connectivity index (χ1) is 14.2. The van der Waals surface area contributed by atoms with E-state index in [2.05, 4.69) is 50.6 Å². The SMILES string of the molecule is CCn1ncc(-c2ccc3c(c2)c(C2=CCNCC2)cn3-c2ccc(F)cc2)n1. The van der Waals surface area contributed by atoms with E-state index in [1.165, 1.54) is 28.7 Å². The van der Waals surface area contributed by atoms with Crippen molar-refractivity contribution in [1.82, 2.24) is 24.9 Å². The lowest BCUT2D eigenvalue weighted by atomic mass is 9.98. The monoisotopic (exact) mass is 387 g/mol. The summed E-state index contributed by atoms with van der Waals surface area (Å²) in [6.07, 6.45) is 7.22. The second kappa shape index (κ2) is 7.29. The van der Waals surface area contributed by atoms with E-state index < -0.39 is 0 Å². The van der Waals surface area contributed by atoms with Gasteiger partial charge in [-0.25, -0.2) is 4.39 Å². The minimum Gasteiger partial charge on any atom is -0.316 e. The molecule has 0 amide bonds. The highest BCUT2D eigenvalue weighted by atomic mass is 19.1. The molecule has 0 saturated carbocycles. The summed E-state index contributed by atoms with van der Waals surface area (Å²) in [5.74, 6) is -0.229. The quantitative estimate of drug-likeness (QED) is 0.564. The van der Waals surface area contributed by atoms with Gasteiger partial charge in [0, 0.05) is 34.9 Å². The third-order valence-electron chi connectivity index (χ3n) is 5.43. The van der Waals surface area contributed by atoms with Crippen LogP contribution in [-0.2, 0) is 6.54 Å². The Bertz CT molecular complexity index is 1200. The number of nitrogens with zero attached hydrogens (tertiary/aromatic N) is 4. The van der Waals surface area contributed by atoms with Crippen molar-refractivity contribution in [2.24, 2.45) is 0 Å². The van der Waals surface area contributed by atoms with Crippen LogP contribution in [0.3, 0.4) is 0 Å². The molecule has 2 aromatic carbocycles. The number of hydrogen-bond acceptors (Lipinski definition) is 3. The Balaban J connectivity index is 1.70. The minimum absolute atomic E-state index is 0.229. The van der Waals surface area contributed by atoms with Crippen LogP contribution in [0.5, 0.6) is 0 Å². The largest absolute Gasteiger partial charge is 0.316 e. The van der Waals surface area contributed by atoms with E-state index in [1.54, 1.807) is 4.80 Å². The number of hydrogen-bond donors (Lipinski definition) is 1. The van der Waals surface area contributed by atoms with Crippen molar-refractivity contribution in [3.8, 4) is 16.9 Å². The van der Waals surface area contributed by atoms with E-state index in [0.717, 1.165) is 48.5 Å². The molecule has 0 atom stereocenters. The van der Waals surface area contributed by atoms with Crippen molar-refractivity contribution in [2.45, 2.75) is 19.9 Å². The third kappa shape index (κ3) is 3.25. The van der Waals surface area contributed by atoms with Gasteiger partial charge in [0.05, 0.1) is 18.3 Å². The van der Waals surface area contributed by atoms with E-state index in [0.29, 0.717) is 0 Å². The molecule has 3 heterocycles. The van der Waals surface area contributed by atoms with E-state index in [9.17, 15) is 4.39 Å². The molecule has 0 spiro atoms. The Kier molecular flexibility index (Phi) is 4.48.